The van der Waals surface area contributed by atoms with Crippen molar-refractivity contribution in [1.82, 2.24) is 0 Å². The van der Waals surface area contributed by atoms with E-state index >= 15 is 0 Å². The van der Waals surface area contributed by atoms with E-state index in [-0.39, 0.29) is 12.6 Å². The predicted molar refractivity (Wildman–Crippen MR) is 79.3 cm³/mol. The van der Waals surface area contributed by atoms with Gasteiger partial charge in [0, 0.05) is 24.2 Å². The number of fused-ring (bicyclic) bond motifs is 1. The highest BCUT2D eigenvalue weighted by molar-refractivity contribution is 5.96. The molecule has 3 rings (SSSR count). The van der Waals surface area contributed by atoms with E-state index in [1.807, 2.05) is 0 Å². The molecule has 0 radical (unpaired) electrons. The molecule has 1 heterocycles. The Morgan fingerprint density at radius 2 is 1.95 bits per heavy atom. The smallest absolute Gasteiger partial charge is 0.0635 e. The predicted octanol–water partition coefficient (Wildman–Crippen LogP) is 2.26. The molecule has 2 aromatic carbocycles. The molecule has 1 aliphatic heterocycles. The molecular formula is C16H20N2O. The van der Waals surface area contributed by atoms with E-state index in [1.54, 1.807) is 0 Å². The van der Waals surface area contributed by atoms with E-state index in [4.69, 9.17) is 5.73 Å². The van der Waals surface area contributed by atoms with Crippen molar-refractivity contribution in [2.45, 2.75) is 25.4 Å². The van der Waals surface area contributed by atoms with Gasteiger partial charge in [-0.25, -0.2) is 0 Å². The summed E-state index contributed by atoms with van der Waals surface area (Å²) in [5.74, 6) is 0. The molecule has 3 heteroatoms. The molecule has 1 atom stereocenters. The number of nitrogens with two attached hydrogens (primary N) is 1. The maximum absolute atomic E-state index is 9.51. The Hall–Kier alpha value is -1.58. The summed E-state index contributed by atoms with van der Waals surface area (Å²) in [5, 5.41) is 12.0. The first-order chi connectivity index (χ1) is 9.35. The average molecular weight is 256 g/mol. The van der Waals surface area contributed by atoms with Crippen LogP contribution in [0.5, 0.6) is 0 Å². The molecule has 1 aliphatic rings. The topological polar surface area (TPSA) is 49.5 Å². The third-order valence-electron chi connectivity index (χ3n) is 4.11. The second-order valence-corrected chi connectivity index (χ2v) is 5.17. The summed E-state index contributed by atoms with van der Waals surface area (Å²) in [7, 11) is 0. The van der Waals surface area contributed by atoms with Crippen molar-refractivity contribution < 1.29 is 5.11 Å². The van der Waals surface area contributed by atoms with Crippen LogP contribution in [-0.4, -0.2) is 24.3 Å². The zero-order valence-electron chi connectivity index (χ0n) is 11.0. The molecule has 1 fully saturated rings. The Morgan fingerprint density at radius 3 is 2.68 bits per heavy atom. The molecule has 0 aliphatic carbocycles. The monoisotopic (exact) mass is 256 g/mol. The quantitative estimate of drug-likeness (QED) is 0.885. The highest BCUT2D eigenvalue weighted by atomic mass is 16.3. The maximum Gasteiger partial charge on any atom is 0.0635 e. The second kappa shape index (κ2) is 5.19. The van der Waals surface area contributed by atoms with Crippen LogP contribution >= 0.6 is 0 Å². The Bertz CT molecular complexity index is 582. The van der Waals surface area contributed by atoms with Crippen molar-refractivity contribution in [3.05, 3.63) is 42.0 Å². The summed E-state index contributed by atoms with van der Waals surface area (Å²) in [6.45, 7) is 1.81. The molecular weight excluding hydrogens is 236 g/mol. The number of hydrogen-bond acceptors (Lipinski definition) is 3. The average Bonchev–Trinajstić information content (AvgIpc) is 2.94. The number of hydrogen-bond donors (Lipinski definition) is 2. The van der Waals surface area contributed by atoms with Crippen LogP contribution in [0.3, 0.4) is 0 Å². The SMILES string of the molecule is NCc1ccc(N2CCCC2CO)c2ccccc12. The Kier molecular flexibility index (Phi) is 3.40. The van der Waals surface area contributed by atoms with Crippen molar-refractivity contribution in [3.63, 3.8) is 0 Å². The molecule has 1 saturated heterocycles. The van der Waals surface area contributed by atoms with Crippen molar-refractivity contribution in [3.8, 4) is 0 Å². The van der Waals surface area contributed by atoms with Gasteiger partial charge in [-0.2, -0.15) is 0 Å². The van der Waals surface area contributed by atoms with Gasteiger partial charge in [-0.15, -0.1) is 0 Å². The van der Waals surface area contributed by atoms with Crippen LogP contribution in [0, 0.1) is 0 Å². The van der Waals surface area contributed by atoms with Gasteiger partial charge in [0.05, 0.1) is 12.6 Å². The summed E-state index contributed by atoms with van der Waals surface area (Å²) in [6.07, 6.45) is 2.22. The fourth-order valence-electron chi connectivity index (χ4n) is 3.12. The standard InChI is InChI=1S/C16H20N2O/c17-10-12-7-8-16(15-6-2-1-5-14(12)15)18-9-3-4-13(18)11-19/h1-2,5-8,13,19H,3-4,9-11,17H2. The summed E-state index contributed by atoms with van der Waals surface area (Å²) in [5.41, 5.74) is 8.23. The van der Waals surface area contributed by atoms with Gasteiger partial charge in [0.15, 0.2) is 0 Å². The fraction of sp³-hybridized carbons (Fsp3) is 0.375. The first-order valence-electron chi connectivity index (χ1n) is 6.93. The van der Waals surface area contributed by atoms with Crippen LogP contribution in [-0.2, 0) is 6.54 Å². The molecule has 100 valence electrons. The third kappa shape index (κ3) is 2.09. The van der Waals surface area contributed by atoms with Crippen LogP contribution in [0.2, 0.25) is 0 Å². The van der Waals surface area contributed by atoms with Crippen LogP contribution in [0.1, 0.15) is 18.4 Å². The lowest BCUT2D eigenvalue weighted by molar-refractivity contribution is 0.266. The largest absolute Gasteiger partial charge is 0.394 e. The molecule has 2 aromatic rings. The number of rotatable bonds is 3. The van der Waals surface area contributed by atoms with E-state index in [9.17, 15) is 5.11 Å². The molecule has 0 amide bonds. The Morgan fingerprint density at radius 1 is 1.16 bits per heavy atom. The molecule has 0 bridgehead atoms. The van der Waals surface area contributed by atoms with Gasteiger partial charge in [-0.1, -0.05) is 30.3 Å². The lowest BCUT2D eigenvalue weighted by Gasteiger charge is -2.27. The zero-order valence-corrected chi connectivity index (χ0v) is 11.0. The van der Waals surface area contributed by atoms with Crippen molar-refractivity contribution in [1.29, 1.82) is 0 Å². The van der Waals surface area contributed by atoms with Gasteiger partial charge in [0.25, 0.3) is 0 Å². The molecule has 3 nitrogen and oxygen atoms in total. The van der Waals surface area contributed by atoms with E-state index in [0.717, 1.165) is 19.4 Å². The first-order valence-corrected chi connectivity index (χ1v) is 6.93. The number of aliphatic hydroxyl groups excluding tert-OH is 1. The van der Waals surface area contributed by atoms with E-state index in [1.165, 1.54) is 22.0 Å². The van der Waals surface area contributed by atoms with E-state index < -0.39 is 0 Å². The summed E-state index contributed by atoms with van der Waals surface area (Å²) >= 11 is 0. The highest BCUT2D eigenvalue weighted by Crippen LogP contribution is 2.33. The Labute approximate surface area is 113 Å². The number of anilines is 1. The minimum atomic E-state index is 0.229. The van der Waals surface area contributed by atoms with Gasteiger partial charge >= 0.3 is 0 Å². The lowest BCUT2D eigenvalue weighted by Crippen LogP contribution is -2.32. The summed E-state index contributed by atoms with van der Waals surface area (Å²) in [4.78, 5) is 2.34. The van der Waals surface area contributed by atoms with Gasteiger partial charge in [0.1, 0.15) is 0 Å². The number of aliphatic hydroxyl groups is 1. The molecule has 0 spiro atoms. The van der Waals surface area contributed by atoms with Gasteiger partial charge in [-0.05, 0) is 29.9 Å². The molecule has 0 saturated carbocycles. The van der Waals surface area contributed by atoms with Crippen LogP contribution in [0.15, 0.2) is 36.4 Å². The van der Waals surface area contributed by atoms with Crippen LogP contribution in [0.4, 0.5) is 5.69 Å². The lowest BCUT2D eigenvalue weighted by atomic mass is 10.0. The molecule has 3 N–H and O–H groups in total. The number of benzene rings is 2. The number of nitrogens with zero attached hydrogens (tertiary/aromatic N) is 1. The van der Waals surface area contributed by atoms with Crippen molar-refractivity contribution in [2.75, 3.05) is 18.1 Å². The fourth-order valence-corrected chi connectivity index (χ4v) is 3.12. The minimum Gasteiger partial charge on any atom is -0.394 e. The van der Waals surface area contributed by atoms with E-state index in [2.05, 4.69) is 41.3 Å². The minimum absolute atomic E-state index is 0.229. The van der Waals surface area contributed by atoms with Crippen molar-refractivity contribution >= 4 is 16.5 Å². The van der Waals surface area contributed by atoms with Crippen LogP contribution in [0.25, 0.3) is 10.8 Å². The highest BCUT2D eigenvalue weighted by Gasteiger charge is 2.25. The Balaban J connectivity index is 2.14. The van der Waals surface area contributed by atoms with Gasteiger partial charge in [-0.3, -0.25) is 0 Å². The molecule has 19 heavy (non-hydrogen) atoms. The maximum atomic E-state index is 9.51. The van der Waals surface area contributed by atoms with Crippen LogP contribution < -0.4 is 10.6 Å². The first kappa shape index (κ1) is 12.5. The normalized spacial score (nSPS) is 19.3. The van der Waals surface area contributed by atoms with E-state index in [0.29, 0.717) is 6.54 Å². The zero-order chi connectivity index (χ0) is 13.2. The summed E-state index contributed by atoms with van der Waals surface area (Å²) < 4.78 is 0. The molecule has 1 unspecified atom stereocenters. The van der Waals surface area contributed by atoms with Crippen molar-refractivity contribution in [2.24, 2.45) is 5.73 Å². The van der Waals surface area contributed by atoms with Gasteiger partial charge < -0.3 is 15.7 Å². The second-order valence-electron chi connectivity index (χ2n) is 5.17. The van der Waals surface area contributed by atoms with Gasteiger partial charge in [0.2, 0.25) is 0 Å². The summed E-state index contributed by atoms with van der Waals surface area (Å²) in [6, 6.07) is 12.9. The molecule has 0 aromatic heterocycles. The third-order valence-corrected chi connectivity index (χ3v) is 4.11.